The third kappa shape index (κ3) is 22.5. The van der Waals surface area contributed by atoms with Gasteiger partial charge in [-0.1, -0.05) is 54.4 Å². The van der Waals surface area contributed by atoms with Crippen LogP contribution in [0.2, 0.25) is 0 Å². The molecule has 1 nitrogen and oxygen atoms in total. The predicted octanol–water partition coefficient (Wildman–Crippen LogP) is 3.82. The maximum atomic E-state index is 5.36. The van der Waals surface area contributed by atoms with E-state index in [1.54, 1.807) is 0 Å². The number of rotatable bonds is 4. The van der Waals surface area contributed by atoms with Gasteiger partial charge in [0, 0.05) is 0 Å². The smallest absolute Gasteiger partial charge is 0.00747 e. The first kappa shape index (κ1) is 17.9. The van der Waals surface area contributed by atoms with Gasteiger partial charge in [-0.05, 0) is 18.9 Å². The first-order chi connectivity index (χ1) is 5.81. The maximum absolute atomic E-state index is 5.36. The van der Waals surface area contributed by atoms with Crippen molar-refractivity contribution in [3.63, 3.8) is 0 Å². The topological polar surface area (TPSA) is 26.0 Å². The van der Waals surface area contributed by atoms with Gasteiger partial charge in [0.25, 0.3) is 0 Å². The molecule has 0 bridgehead atoms. The van der Waals surface area contributed by atoms with E-state index in [-0.39, 0.29) is 0 Å². The molecule has 1 heteroatoms. The van der Waals surface area contributed by atoms with E-state index in [2.05, 4.69) is 13.8 Å². The van der Waals surface area contributed by atoms with Gasteiger partial charge in [-0.25, -0.2) is 0 Å². The predicted molar refractivity (Wildman–Crippen MR) is 60.4 cm³/mol. The van der Waals surface area contributed by atoms with Gasteiger partial charge in [0.2, 0.25) is 0 Å². The highest BCUT2D eigenvalue weighted by atomic mass is 14.5. The van der Waals surface area contributed by atoms with Crippen molar-refractivity contribution in [2.45, 2.75) is 60.8 Å². The molecule has 0 aliphatic rings. The van der Waals surface area contributed by atoms with Crippen molar-refractivity contribution in [1.82, 2.24) is 0 Å². The molecule has 2 N–H and O–H groups in total. The van der Waals surface area contributed by atoms with Crippen LogP contribution in [0.4, 0.5) is 0 Å². The van der Waals surface area contributed by atoms with Gasteiger partial charge < -0.3 is 5.73 Å². The molecular weight excluding hydrogens is 146 g/mol. The Morgan fingerprint density at radius 2 is 1.42 bits per heavy atom. The lowest BCUT2D eigenvalue weighted by molar-refractivity contribution is 0.493. The summed E-state index contributed by atoms with van der Waals surface area (Å²) in [5, 5.41) is 0. The highest BCUT2D eigenvalue weighted by molar-refractivity contribution is 4.50. The van der Waals surface area contributed by atoms with Crippen molar-refractivity contribution in [3.8, 4) is 0 Å². The van der Waals surface area contributed by atoms with Crippen LogP contribution in [-0.2, 0) is 0 Å². The lowest BCUT2D eigenvalue weighted by atomic mass is 10.0. The number of hydrogen-bond acceptors (Lipinski definition) is 1. The Morgan fingerprint density at radius 3 is 1.67 bits per heavy atom. The average molecular weight is 175 g/mol. The third-order valence-electron chi connectivity index (χ3n) is 1.44. The zero-order valence-corrected chi connectivity index (χ0v) is 9.98. The molecule has 1 unspecified atom stereocenters. The van der Waals surface area contributed by atoms with Crippen LogP contribution in [0, 0.1) is 5.92 Å². The molecule has 1 atom stereocenters. The Morgan fingerprint density at radius 1 is 1.00 bits per heavy atom. The maximum Gasteiger partial charge on any atom is -0.00747 e. The fourth-order valence-corrected chi connectivity index (χ4v) is 0.922. The van der Waals surface area contributed by atoms with Crippen LogP contribution in [-0.4, -0.2) is 6.54 Å². The SMILES string of the molecule is CC.CC.CCCC(C)CCN. The Hall–Kier alpha value is -0.0400. The molecule has 0 aromatic carbocycles. The molecule has 0 heterocycles. The fourth-order valence-electron chi connectivity index (χ4n) is 0.922. The molecule has 78 valence electrons. The van der Waals surface area contributed by atoms with Crippen molar-refractivity contribution in [3.05, 3.63) is 0 Å². The number of hydrogen-bond donors (Lipinski definition) is 1. The summed E-state index contributed by atoms with van der Waals surface area (Å²) in [7, 11) is 0. The molecule has 0 aliphatic carbocycles. The van der Waals surface area contributed by atoms with Crippen LogP contribution in [0.1, 0.15) is 60.8 Å². The summed E-state index contributed by atoms with van der Waals surface area (Å²) in [4.78, 5) is 0. The molecule has 12 heavy (non-hydrogen) atoms. The minimum atomic E-state index is 0.838. The Bertz CT molecular complexity index is 38.3. The van der Waals surface area contributed by atoms with Crippen LogP contribution < -0.4 is 5.73 Å². The van der Waals surface area contributed by atoms with E-state index in [1.165, 1.54) is 19.3 Å². The number of nitrogens with two attached hydrogens (primary N) is 1. The van der Waals surface area contributed by atoms with Crippen LogP contribution in [0.25, 0.3) is 0 Å². The summed E-state index contributed by atoms with van der Waals surface area (Å²) in [6.45, 7) is 13.3. The second-order valence-corrected chi connectivity index (χ2v) is 2.47. The first-order valence-corrected chi connectivity index (χ1v) is 5.51. The molecule has 0 radical (unpaired) electrons. The molecular formula is C11H29N. The molecule has 0 aromatic rings. The van der Waals surface area contributed by atoms with Crippen molar-refractivity contribution < 1.29 is 0 Å². The monoisotopic (exact) mass is 175 g/mol. The second-order valence-electron chi connectivity index (χ2n) is 2.47. The van der Waals surface area contributed by atoms with E-state index in [0.717, 1.165) is 12.5 Å². The van der Waals surface area contributed by atoms with Gasteiger partial charge in [0.05, 0.1) is 0 Å². The van der Waals surface area contributed by atoms with Gasteiger partial charge in [-0.2, -0.15) is 0 Å². The molecule has 0 aliphatic heterocycles. The van der Waals surface area contributed by atoms with Gasteiger partial charge in [0.1, 0.15) is 0 Å². The summed E-state index contributed by atoms with van der Waals surface area (Å²) < 4.78 is 0. The van der Waals surface area contributed by atoms with E-state index in [0.29, 0.717) is 0 Å². The van der Waals surface area contributed by atoms with Gasteiger partial charge >= 0.3 is 0 Å². The molecule has 0 fully saturated rings. The van der Waals surface area contributed by atoms with E-state index in [1.807, 2.05) is 27.7 Å². The average Bonchev–Trinajstić information content (AvgIpc) is 2.12. The second kappa shape index (κ2) is 22.4. The minimum absolute atomic E-state index is 0.838. The summed E-state index contributed by atoms with van der Waals surface area (Å²) >= 11 is 0. The summed E-state index contributed by atoms with van der Waals surface area (Å²) in [6, 6.07) is 0. The Kier molecular flexibility index (Phi) is 33.5. The van der Waals surface area contributed by atoms with E-state index in [9.17, 15) is 0 Å². The van der Waals surface area contributed by atoms with Crippen LogP contribution in [0.3, 0.4) is 0 Å². The minimum Gasteiger partial charge on any atom is -0.330 e. The Labute approximate surface area is 79.7 Å². The zero-order valence-electron chi connectivity index (χ0n) is 9.98. The van der Waals surface area contributed by atoms with Crippen molar-refractivity contribution in [2.24, 2.45) is 11.7 Å². The van der Waals surface area contributed by atoms with Gasteiger partial charge in [-0.3, -0.25) is 0 Å². The normalized spacial score (nSPS) is 10.2. The molecule has 0 amide bonds. The van der Waals surface area contributed by atoms with Crippen molar-refractivity contribution >= 4 is 0 Å². The lowest BCUT2D eigenvalue weighted by Crippen LogP contribution is -2.04. The van der Waals surface area contributed by atoms with Crippen LogP contribution >= 0.6 is 0 Å². The highest BCUT2D eigenvalue weighted by Gasteiger charge is 1.95. The Balaban J connectivity index is -0.000000175. The van der Waals surface area contributed by atoms with Crippen molar-refractivity contribution in [2.75, 3.05) is 6.54 Å². The van der Waals surface area contributed by atoms with E-state index < -0.39 is 0 Å². The molecule has 0 aromatic heterocycles. The van der Waals surface area contributed by atoms with Gasteiger partial charge in [-0.15, -0.1) is 0 Å². The summed E-state index contributed by atoms with van der Waals surface area (Å²) in [6.07, 6.45) is 3.81. The largest absolute Gasteiger partial charge is 0.330 e. The summed E-state index contributed by atoms with van der Waals surface area (Å²) in [5.41, 5.74) is 5.36. The van der Waals surface area contributed by atoms with E-state index >= 15 is 0 Å². The molecule has 0 saturated heterocycles. The molecule has 0 saturated carbocycles. The zero-order chi connectivity index (χ0) is 10.4. The van der Waals surface area contributed by atoms with E-state index in [4.69, 9.17) is 5.73 Å². The fraction of sp³-hybridized carbons (Fsp3) is 1.00. The van der Waals surface area contributed by atoms with Crippen LogP contribution in [0.5, 0.6) is 0 Å². The molecule has 0 rings (SSSR count). The van der Waals surface area contributed by atoms with Crippen molar-refractivity contribution in [1.29, 1.82) is 0 Å². The standard InChI is InChI=1S/C7H17N.2C2H6/c1-3-4-7(2)5-6-8;2*1-2/h7H,3-6,8H2,1-2H3;2*1-2H3. The lowest BCUT2D eigenvalue weighted by Gasteiger charge is -2.05. The van der Waals surface area contributed by atoms with Gasteiger partial charge in [0.15, 0.2) is 0 Å². The quantitative estimate of drug-likeness (QED) is 0.690. The highest BCUT2D eigenvalue weighted by Crippen LogP contribution is 2.07. The van der Waals surface area contributed by atoms with Crippen LogP contribution in [0.15, 0.2) is 0 Å². The third-order valence-corrected chi connectivity index (χ3v) is 1.44. The summed E-state index contributed by atoms with van der Waals surface area (Å²) in [5.74, 6) is 0.838. The molecule has 0 spiro atoms. The first-order valence-electron chi connectivity index (χ1n) is 5.51.